The number of hydrogen-bond acceptors (Lipinski definition) is 4. The highest BCUT2D eigenvalue weighted by Gasteiger charge is 2.44. The molecule has 2 aliphatic heterocycles. The molecule has 0 radical (unpaired) electrons. The Morgan fingerprint density at radius 2 is 1.91 bits per heavy atom. The predicted molar refractivity (Wildman–Crippen MR) is 143 cm³/mol. The fourth-order valence-electron chi connectivity index (χ4n) is 4.54. The summed E-state index contributed by atoms with van der Waals surface area (Å²) in [5.41, 5.74) is 3.86. The number of rotatable bonds is 4. The molecule has 3 aromatic rings. The second-order valence-electron chi connectivity index (χ2n) is 8.37. The lowest BCUT2D eigenvalue weighted by molar-refractivity contribution is -0.126. The normalized spacial score (nSPS) is 19.0. The van der Waals surface area contributed by atoms with Gasteiger partial charge in [-0.15, -0.1) is 0 Å². The maximum Gasteiger partial charge on any atom is 0.228 e. The molecule has 0 spiro atoms. The van der Waals surface area contributed by atoms with E-state index in [2.05, 4.69) is 15.6 Å². The number of fused-ring (bicyclic) bond motifs is 2. The number of anilines is 2. The van der Waals surface area contributed by atoms with E-state index in [1.54, 1.807) is 11.1 Å². The fraction of sp³-hybridized carbons (Fsp3) is 0.292. The van der Waals surface area contributed by atoms with Crippen LogP contribution in [0.25, 0.3) is 10.9 Å². The summed E-state index contributed by atoms with van der Waals surface area (Å²) in [6, 6.07) is 17.8. The van der Waals surface area contributed by atoms with Crippen LogP contribution in [-0.2, 0) is 11.2 Å². The molecule has 1 aromatic heterocycles. The van der Waals surface area contributed by atoms with Gasteiger partial charge in [0.15, 0.2) is 11.3 Å². The number of amides is 1. The van der Waals surface area contributed by atoms with Crippen molar-refractivity contribution in [3.8, 4) is 0 Å². The van der Waals surface area contributed by atoms with Crippen LogP contribution >= 0.6 is 47.0 Å². The SMILES string of the molecule is O=C(NC(N1CCN(c2cccc3cccnc23)C1=S)C(Cl)(Cl)Cl)C1CNc2ccccc2C1. The van der Waals surface area contributed by atoms with Crippen LogP contribution in [0.3, 0.4) is 0 Å². The summed E-state index contributed by atoms with van der Waals surface area (Å²) in [4.78, 5) is 21.5. The Hall–Kier alpha value is -2.32. The third-order valence-corrected chi connectivity index (χ3v) is 7.31. The molecule has 1 fully saturated rings. The predicted octanol–water partition coefficient (Wildman–Crippen LogP) is 4.74. The van der Waals surface area contributed by atoms with E-state index < -0.39 is 9.96 Å². The van der Waals surface area contributed by atoms with Gasteiger partial charge >= 0.3 is 0 Å². The Balaban J connectivity index is 1.36. The zero-order valence-electron chi connectivity index (χ0n) is 18.0. The topological polar surface area (TPSA) is 60.5 Å². The number of alkyl halides is 3. The van der Waals surface area contributed by atoms with E-state index in [1.165, 1.54) is 0 Å². The Morgan fingerprint density at radius 1 is 1.12 bits per heavy atom. The van der Waals surface area contributed by atoms with Crippen molar-refractivity contribution in [2.75, 3.05) is 29.9 Å². The standard InChI is InChI=1S/C24H22Cl3N5OS/c25-24(26,27)22(30-21(33)17-13-16-5-1-2-8-18(16)29-14-17)32-12-11-31(23(32)34)19-9-3-6-15-7-4-10-28-20(15)19/h1-10,17,22,29H,11-14H2,(H,30,33). The van der Waals surface area contributed by atoms with E-state index >= 15 is 0 Å². The number of thiocarbonyl (C=S) groups is 1. The summed E-state index contributed by atoms with van der Waals surface area (Å²) in [5, 5.41) is 7.76. The average molecular weight is 535 g/mol. The Morgan fingerprint density at radius 3 is 2.74 bits per heavy atom. The third kappa shape index (κ3) is 4.50. The molecule has 34 heavy (non-hydrogen) atoms. The number of carbonyl (C=O) groups excluding carboxylic acids is 1. The van der Waals surface area contributed by atoms with Crippen LogP contribution in [0.5, 0.6) is 0 Å². The lowest BCUT2D eigenvalue weighted by atomic mass is 9.93. The van der Waals surface area contributed by atoms with E-state index in [9.17, 15) is 4.79 Å². The van der Waals surface area contributed by atoms with E-state index in [1.807, 2.05) is 59.5 Å². The van der Waals surface area contributed by atoms with E-state index in [4.69, 9.17) is 47.0 Å². The maximum absolute atomic E-state index is 13.2. The Labute approximate surface area is 218 Å². The van der Waals surface area contributed by atoms with E-state index in [0.29, 0.717) is 31.2 Å². The molecule has 1 saturated heterocycles. The molecule has 176 valence electrons. The minimum atomic E-state index is -1.78. The van der Waals surface area contributed by atoms with Crippen molar-refractivity contribution < 1.29 is 4.79 Å². The summed E-state index contributed by atoms with van der Waals surface area (Å²) in [6.45, 7) is 1.58. The quantitative estimate of drug-likeness (QED) is 0.373. The van der Waals surface area contributed by atoms with Crippen LogP contribution < -0.4 is 15.5 Å². The highest BCUT2D eigenvalue weighted by molar-refractivity contribution is 7.80. The number of para-hydroxylation sites is 2. The molecular weight excluding hydrogens is 513 g/mol. The Bertz CT molecular complexity index is 1250. The number of nitrogens with zero attached hydrogens (tertiary/aromatic N) is 3. The number of aromatic nitrogens is 1. The van der Waals surface area contributed by atoms with Gasteiger partial charge in [-0.05, 0) is 42.4 Å². The van der Waals surface area contributed by atoms with Gasteiger partial charge in [-0.1, -0.05) is 71.2 Å². The summed E-state index contributed by atoms with van der Waals surface area (Å²) in [6.07, 6.45) is 1.45. The maximum atomic E-state index is 13.2. The highest BCUT2D eigenvalue weighted by Crippen LogP contribution is 2.36. The molecule has 0 bridgehead atoms. The molecule has 2 atom stereocenters. The first-order valence-corrected chi connectivity index (χ1v) is 12.5. The largest absolute Gasteiger partial charge is 0.384 e. The number of benzene rings is 2. The number of pyridine rings is 1. The van der Waals surface area contributed by atoms with Crippen LogP contribution in [0, 0.1) is 5.92 Å². The van der Waals surface area contributed by atoms with Crippen molar-refractivity contribution in [2.24, 2.45) is 5.92 Å². The number of hydrogen-bond donors (Lipinski definition) is 2. The van der Waals surface area contributed by atoms with Crippen molar-refractivity contribution in [2.45, 2.75) is 16.4 Å². The highest BCUT2D eigenvalue weighted by atomic mass is 35.6. The van der Waals surface area contributed by atoms with E-state index in [0.717, 1.165) is 27.8 Å². The van der Waals surface area contributed by atoms with Crippen molar-refractivity contribution in [1.82, 2.24) is 15.2 Å². The molecule has 10 heteroatoms. The van der Waals surface area contributed by atoms with Gasteiger partial charge in [0, 0.05) is 36.9 Å². The second-order valence-corrected chi connectivity index (χ2v) is 11.1. The van der Waals surface area contributed by atoms with Crippen LogP contribution in [-0.4, -0.2) is 50.5 Å². The number of carbonyl (C=O) groups is 1. The van der Waals surface area contributed by atoms with Gasteiger partial charge in [0.2, 0.25) is 9.70 Å². The second kappa shape index (κ2) is 9.38. The van der Waals surface area contributed by atoms with Crippen LogP contribution in [0.1, 0.15) is 5.56 Å². The zero-order chi connectivity index (χ0) is 23.9. The van der Waals surface area contributed by atoms with Gasteiger partial charge in [0.05, 0.1) is 17.1 Å². The minimum Gasteiger partial charge on any atom is -0.384 e. The summed E-state index contributed by atoms with van der Waals surface area (Å²) < 4.78 is -1.78. The minimum absolute atomic E-state index is 0.189. The van der Waals surface area contributed by atoms with Gasteiger partial charge in [-0.3, -0.25) is 9.78 Å². The molecule has 2 aromatic carbocycles. The van der Waals surface area contributed by atoms with Crippen LogP contribution in [0.15, 0.2) is 60.8 Å². The molecule has 5 rings (SSSR count). The monoisotopic (exact) mass is 533 g/mol. The van der Waals surface area contributed by atoms with E-state index in [-0.39, 0.29) is 11.8 Å². The molecule has 0 saturated carbocycles. The summed E-state index contributed by atoms with van der Waals surface area (Å²) in [7, 11) is 0. The van der Waals surface area contributed by atoms with Gasteiger partial charge in [0.25, 0.3) is 0 Å². The molecule has 2 unspecified atom stereocenters. The first-order chi connectivity index (χ1) is 16.3. The summed E-state index contributed by atoms with van der Waals surface area (Å²) >= 11 is 24.9. The molecule has 0 aliphatic carbocycles. The van der Waals surface area contributed by atoms with Crippen molar-refractivity contribution in [3.05, 3.63) is 66.4 Å². The van der Waals surface area contributed by atoms with Crippen molar-refractivity contribution in [3.63, 3.8) is 0 Å². The average Bonchev–Trinajstić information content (AvgIpc) is 3.21. The molecule has 3 heterocycles. The number of halogens is 3. The first kappa shape index (κ1) is 23.4. The molecule has 2 N–H and O–H groups in total. The molecule has 6 nitrogen and oxygen atoms in total. The Kier molecular flexibility index (Phi) is 6.46. The lowest BCUT2D eigenvalue weighted by Crippen LogP contribution is -2.58. The smallest absolute Gasteiger partial charge is 0.228 e. The van der Waals surface area contributed by atoms with Crippen LogP contribution in [0.4, 0.5) is 11.4 Å². The van der Waals surface area contributed by atoms with Gasteiger partial charge in [-0.25, -0.2) is 0 Å². The fourth-order valence-corrected chi connectivity index (χ4v) is 5.44. The lowest BCUT2D eigenvalue weighted by Gasteiger charge is -2.36. The molecule has 1 amide bonds. The van der Waals surface area contributed by atoms with Crippen LogP contribution in [0.2, 0.25) is 0 Å². The van der Waals surface area contributed by atoms with Gasteiger partial charge in [0.1, 0.15) is 0 Å². The molecular formula is C24H22Cl3N5OS. The zero-order valence-corrected chi connectivity index (χ0v) is 21.1. The van der Waals surface area contributed by atoms with Crippen molar-refractivity contribution >= 4 is 80.3 Å². The van der Waals surface area contributed by atoms with Gasteiger partial charge < -0.3 is 20.4 Å². The van der Waals surface area contributed by atoms with Crippen molar-refractivity contribution in [1.29, 1.82) is 0 Å². The summed E-state index contributed by atoms with van der Waals surface area (Å²) in [5.74, 6) is -0.481. The molecule has 2 aliphatic rings. The third-order valence-electron chi connectivity index (χ3n) is 6.24. The van der Waals surface area contributed by atoms with Gasteiger partial charge in [-0.2, -0.15) is 0 Å². The number of nitrogens with one attached hydrogen (secondary N) is 2. The first-order valence-electron chi connectivity index (χ1n) is 10.9.